The van der Waals surface area contributed by atoms with E-state index in [1.165, 1.54) is 7.05 Å². The number of benzene rings is 1. The van der Waals surface area contributed by atoms with Crippen molar-refractivity contribution in [1.82, 2.24) is 4.90 Å². The minimum atomic E-state index is -4.90. The van der Waals surface area contributed by atoms with E-state index in [0.29, 0.717) is 6.07 Å². The van der Waals surface area contributed by atoms with Gasteiger partial charge in [0.25, 0.3) is 5.91 Å². The molecule has 1 amide bonds. The van der Waals surface area contributed by atoms with Gasteiger partial charge in [-0.1, -0.05) is 11.2 Å². The Morgan fingerprint density at radius 2 is 2.05 bits per heavy atom. The number of hydrogen-bond donors (Lipinski definition) is 2. The highest BCUT2D eigenvalue weighted by atomic mass is 19.4. The van der Waals surface area contributed by atoms with Crippen LogP contribution in [0.4, 0.5) is 17.6 Å². The maximum absolute atomic E-state index is 13.7. The fourth-order valence-corrected chi connectivity index (χ4v) is 1.47. The van der Waals surface area contributed by atoms with Crippen LogP contribution in [-0.2, 0) is 6.18 Å². The first kappa shape index (κ1) is 15.7. The van der Waals surface area contributed by atoms with Gasteiger partial charge >= 0.3 is 6.18 Å². The molecule has 1 rings (SSSR count). The summed E-state index contributed by atoms with van der Waals surface area (Å²) in [6.07, 6.45) is -4.90. The van der Waals surface area contributed by atoms with E-state index in [1.54, 1.807) is 0 Å². The standard InChI is InChI=1S/C11H11F4N3O2/c1-18(5-8(16)17-20)10(19)6-3-2-4-7(9(6)12)11(13,14)15/h2-4,20H,5H2,1H3,(H2,16,17). The second-order valence-electron chi connectivity index (χ2n) is 3.92. The quantitative estimate of drug-likeness (QED) is 0.292. The summed E-state index contributed by atoms with van der Waals surface area (Å²) >= 11 is 0. The average Bonchev–Trinajstić information content (AvgIpc) is 2.36. The number of likely N-dealkylation sites (N-methyl/N-ethyl adjacent to an activating group) is 1. The van der Waals surface area contributed by atoms with Crippen LogP contribution in [0.25, 0.3) is 0 Å². The molecule has 0 bridgehead atoms. The van der Waals surface area contributed by atoms with Crippen LogP contribution in [0.3, 0.4) is 0 Å². The second kappa shape index (κ2) is 5.76. The topological polar surface area (TPSA) is 78.9 Å². The number of carbonyl (C=O) groups is 1. The van der Waals surface area contributed by atoms with Crippen LogP contribution in [0.15, 0.2) is 23.4 Å². The van der Waals surface area contributed by atoms with Gasteiger partial charge in [-0.3, -0.25) is 4.79 Å². The molecule has 110 valence electrons. The molecular weight excluding hydrogens is 282 g/mol. The lowest BCUT2D eigenvalue weighted by atomic mass is 10.1. The van der Waals surface area contributed by atoms with Crippen LogP contribution in [0.5, 0.6) is 0 Å². The van der Waals surface area contributed by atoms with E-state index in [-0.39, 0.29) is 12.4 Å². The third-order valence-corrected chi connectivity index (χ3v) is 2.41. The first-order valence-electron chi connectivity index (χ1n) is 5.26. The molecule has 0 radical (unpaired) electrons. The number of carbonyl (C=O) groups excluding carboxylic acids is 1. The van der Waals surface area contributed by atoms with Crippen molar-refractivity contribution < 1.29 is 27.6 Å². The molecule has 1 aromatic carbocycles. The van der Waals surface area contributed by atoms with Crippen LogP contribution in [-0.4, -0.2) is 35.4 Å². The fourth-order valence-electron chi connectivity index (χ4n) is 1.47. The zero-order chi connectivity index (χ0) is 15.5. The Kier molecular flexibility index (Phi) is 4.53. The van der Waals surface area contributed by atoms with Crippen molar-refractivity contribution in [3.05, 3.63) is 35.1 Å². The number of alkyl halides is 3. The summed E-state index contributed by atoms with van der Waals surface area (Å²) in [6.45, 7) is -0.356. The van der Waals surface area contributed by atoms with Crippen LogP contribution in [0, 0.1) is 5.82 Å². The maximum atomic E-state index is 13.7. The molecule has 9 heteroatoms. The molecule has 0 aromatic heterocycles. The van der Waals surface area contributed by atoms with Gasteiger partial charge in [-0.05, 0) is 12.1 Å². The highest BCUT2D eigenvalue weighted by Crippen LogP contribution is 2.32. The highest BCUT2D eigenvalue weighted by molar-refractivity contribution is 5.97. The molecule has 5 nitrogen and oxygen atoms in total. The molecule has 0 saturated heterocycles. The Morgan fingerprint density at radius 1 is 1.45 bits per heavy atom. The summed E-state index contributed by atoms with van der Waals surface area (Å²) in [7, 11) is 1.18. The molecule has 1 aromatic rings. The minimum Gasteiger partial charge on any atom is -0.409 e. The van der Waals surface area contributed by atoms with Gasteiger partial charge < -0.3 is 15.8 Å². The molecule has 0 saturated carbocycles. The van der Waals surface area contributed by atoms with Gasteiger partial charge in [0.1, 0.15) is 5.82 Å². The van der Waals surface area contributed by atoms with E-state index in [0.717, 1.165) is 17.0 Å². The van der Waals surface area contributed by atoms with Crippen molar-refractivity contribution in [2.45, 2.75) is 6.18 Å². The summed E-state index contributed by atoms with van der Waals surface area (Å²) in [5.74, 6) is -3.01. The van der Waals surface area contributed by atoms with E-state index in [4.69, 9.17) is 10.9 Å². The summed E-state index contributed by atoms with van der Waals surface area (Å²) in [5.41, 5.74) is 2.89. The Balaban J connectivity index is 3.12. The summed E-state index contributed by atoms with van der Waals surface area (Å²) in [5, 5.41) is 11.0. The summed E-state index contributed by atoms with van der Waals surface area (Å²) < 4.78 is 51.3. The van der Waals surface area contributed by atoms with Crippen LogP contribution in [0.2, 0.25) is 0 Å². The number of amides is 1. The van der Waals surface area contributed by atoms with Crippen molar-refractivity contribution in [2.75, 3.05) is 13.6 Å². The Bertz CT molecular complexity index is 543. The van der Waals surface area contributed by atoms with Crippen molar-refractivity contribution in [1.29, 1.82) is 0 Å². The first-order valence-corrected chi connectivity index (χ1v) is 5.26. The minimum absolute atomic E-state index is 0.340. The molecule has 0 aliphatic carbocycles. The number of amidine groups is 1. The second-order valence-corrected chi connectivity index (χ2v) is 3.92. The number of oxime groups is 1. The monoisotopic (exact) mass is 293 g/mol. The van der Waals surface area contributed by atoms with Gasteiger partial charge in [-0.25, -0.2) is 4.39 Å². The molecule has 3 N–H and O–H groups in total. The van der Waals surface area contributed by atoms with Crippen molar-refractivity contribution in [2.24, 2.45) is 10.9 Å². The van der Waals surface area contributed by atoms with E-state index in [2.05, 4.69) is 5.16 Å². The predicted octanol–water partition coefficient (Wildman–Crippen LogP) is 1.66. The van der Waals surface area contributed by atoms with E-state index in [9.17, 15) is 22.4 Å². The van der Waals surface area contributed by atoms with Crippen LogP contribution >= 0.6 is 0 Å². The largest absolute Gasteiger partial charge is 0.419 e. The van der Waals surface area contributed by atoms with Gasteiger partial charge in [-0.15, -0.1) is 0 Å². The third-order valence-electron chi connectivity index (χ3n) is 2.41. The molecule has 0 atom stereocenters. The molecule has 0 aliphatic rings. The molecule has 0 heterocycles. The highest BCUT2D eigenvalue weighted by Gasteiger charge is 2.36. The van der Waals surface area contributed by atoms with Gasteiger partial charge in [0.2, 0.25) is 0 Å². The lowest BCUT2D eigenvalue weighted by Gasteiger charge is -2.17. The number of rotatable bonds is 3. The molecule has 20 heavy (non-hydrogen) atoms. The summed E-state index contributed by atoms with van der Waals surface area (Å²) in [6, 6.07) is 2.39. The Morgan fingerprint density at radius 3 is 2.55 bits per heavy atom. The Labute approximate surface area is 111 Å². The predicted molar refractivity (Wildman–Crippen MR) is 61.8 cm³/mol. The molecule has 0 unspecified atom stereocenters. The van der Waals surface area contributed by atoms with Crippen molar-refractivity contribution in [3.63, 3.8) is 0 Å². The fraction of sp³-hybridized carbons (Fsp3) is 0.273. The third kappa shape index (κ3) is 3.37. The molecule has 0 fully saturated rings. The molecule has 0 aliphatic heterocycles. The zero-order valence-electron chi connectivity index (χ0n) is 10.3. The number of hydrogen-bond acceptors (Lipinski definition) is 3. The summed E-state index contributed by atoms with van der Waals surface area (Å²) in [4.78, 5) is 12.6. The smallest absolute Gasteiger partial charge is 0.409 e. The first-order chi connectivity index (χ1) is 9.18. The maximum Gasteiger partial charge on any atom is 0.419 e. The van der Waals surface area contributed by atoms with Gasteiger partial charge in [0, 0.05) is 7.05 Å². The van der Waals surface area contributed by atoms with Gasteiger partial charge in [0.05, 0.1) is 17.7 Å². The zero-order valence-corrected chi connectivity index (χ0v) is 10.3. The number of nitrogens with zero attached hydrogens (tertiary/aromatic N) is 2. The molecule has 0 spiro atoms. The SMILES string of the molecule is CN(C/C(N)=N/O)C(=O)c1cccc(C(F)(F)F)c1F. The van der Waals surface area contributed by atoms with Crippen molar-refractivity contribution in [3.8, 4) is 0 Å². The number of nitrogens with two attached hydrogens (primary N) is 1. The van der Waals surface area contributed by atoms with Gasteiger partial charge in [-0.2, -0.15) is 13.2 Å². The van der Waals surface area contributed by atoms with Crippen LogP contribution in [0.1, 0.15) is 15.9 Å². The van der Waals surface area contributed by atoms with E-state index < -0.39 is 29.0 Å². The Hall–Kier alpha value is -2.32. The van der Waals surface area contributed by atoms with E-state index >= 15 is 0 Å². The van der Waals surface area contributed by atoms with Gasteiger partial charge in [0.15, 0.2) is 5.84 Å². The normalized spacial score (nSPS) is 12.3. The number of halogens is 4. The van der Waals surface area contributed by atoms with E-state index in [1.807, 2.05) is 0 Å². The average molecular weight is 293 g/mol. The lowest BCUT2D eigenvalue weighted by Crippen LogP contribution is -2.36. The van der Waals surface area contributed by atoms with Crippen LogP contribution < -0.4 is 5.73 Å². The molecular formula is C11H11F4N3O2. The van der Waals surface area contributed by atoms with Crippen molar-refractivity contribution >= 4 is 11.7 Å². The lowest BCUT2D eigenvalue weighted by molar-refractivity contribution is -0.140.